The van der Waals surface area contributed by atoms with E-state index in [9.17, 15) is 0 Å². The van der Waals surface area contributed by atoms with Crippen LogP contribution in [-0.4, -0.2) is 0 Å². The lowest BCUT2D eigenvalue weighted by molar-refractivity contribution is 1.07. The van der Waals surface area contributed by atoms with Gasteiger partial charge in [-0.05, 0) is 36.8 Å². The van der Waals surface area contributed by atoms with Gasteiger partial charge in [-0.3, -0.25) is 0 Å². The van der Waals surface area contributed by atoms with Gasteiger partial charge in [-0.25, -0.2) is 0 Å². The predicted octanol–water partition coefficient (Wildman–Crippen LogP) is 4.26. The number of benzene rings is 2. The first-order chi connectivity index (χ1) is 8.19. The maximum atomic E-state index is 6.13. The minimum absolute atomic E-state index is 0.480. The van der Waals surface area contributed by atoms with Crippen LogP contribution in [0.15, 0.2) is 52.3 Å². The maximum absolute atomic E-state index is 6.13. The molecule has 1 nitrogen and oxygen atoms in total. The Morgan fingerprint density at radius 1 is 1.12 bits per heavy atom. The Labute approximate surface area is 111 Å². The third-order valence-electron chi connectivity index (χ3n) is 2.47. The third-order valence-corrected chi connectivity index (χ3v) is 3.80. The van der Waals surface area contributed by atoms with Crippen molar-refractivity contribution in [1.82, 2.24) is 0 Å². The van der Waals surface area contributed by atoms with Gasteiger partial charge in [0.25, 0.3) is 0 Å². The molecule has 0 radical (unpaired) electrons. The van der Waals surface area contributed by atoms with Gasteiger partial charge in [-0.2, -0.15) is 0 Å². The van der Waals surface area contributed by atoms with Gasteiger partial charge in [0.2, 0.25) is 0 Å². The van der Waals surface area contributed by atoms with Crippen molar-refractivity contribution in [3.05, 3.63) is 58.6 Å². The van der Waals surface area contributed by atoms with E-state index in [1.165, 1.54) is 10.5 Å². The van der Waals surface area contributed by atoms with Crippen LogP contribution in [0.1, 0.15) is 11.1 Å². The van der Waals surface area contributed by atoms with Gasteiger partial charge < -0.3 is 5.73 Å². The summed E-state index contributed by atoms with van der Waals surface area (Å²) in [6.07, 6.45) is 0. The lowest BCUT2D eigenvalue weighted by Gasteiger charge is -2.06. The van der Waals surface area contributed by atoms with Crippen LogP contribution < -0.4 is 5.73 Å². The zero-order valence-electron chi connectivity index (χ0n) is 9.61. The molecule has 3 heteroatoms. The van der Waals surface area contributed by atoms with Crippen molar-refractivity contribution in [2.24, 2.45) is 5.73 Å². The third kappa shape index (κ3) is 3.25. The van der Waals surface area contributed by atoms with Crippen molar-refractivity contribution < 1.29 is 0 Å². The molecule has 0 unspecified atom stereocenters. The molecule has 2 aromatic rings. The van der Waals surface area contributed by atoms with Crippen LogP contribution in [0.3, 0.4) is 0 Å². The maximum Gasteiger partial charge on any atom is 0.0462 e. The van der Waals surface area contributed by atoms with Gasteiger partial charge in [0.15, 0.2) is 0 Å². The van der Waals surface area contributed by atoms with E-state index in [4.69, 9.17) is 17.3 Å². The van der Waals surface area contributed by atoms with Crippen LogP contribution in [-0.2, 0) is 6.54 Å². The van der Waals surface area contributed by atoms with E-state index >= 15 is 0 Å². The number of halogens is 1. The van der Waals surface area contributed by atoms with E-state index in [2.05, 4.69) is 37.3 Å². The first-order valence-corrected chi connectivity index (χ1v) is 6.61. The average molecular weight is 264 g/mol. The van der Waals surface area contributed by atoms with Crippen LogP contribution in [0.25, 0.3) is 0 Å². The average Bonchev–Trinajstić information content (AvgIpc) is 2.29. The predicted molar refractivity (Wildman–Crippen MR) is 74.6 cm³/mol. The minimum Gasteiger partial charge on any atom is -0.326 e. The smallest absolute Gasteiger partial charge is 0.0462 e. The number of hydrogen-bond donors (Lipinski definition) is 1. The Kier molecular flexibility index (Phi) is 4.11. The molecule has 0 amide bonds. The van der Waals surface area contributed by atoms with Crippen LogP contribution in [0.5, 0.6) is 0 Å². The number of aryl methyl sites for hydroxylation is 1. The summed E-state index contributed by atoms with van der Waals surface area (Å²) in [4.78, 5) is 2.36. The van der Waals surface area contributed by atoms with Crippen LogP contribution in [0, 0.1) is 6.92 Å². The summed E-state index contributed by atoms with van der Waals surface area (Å²) >= 11 is 7.84. The van der Waals surface area contributed by atoms with E-state index in [1.54, 1.807) is 11.8 Å². The Balaban J connectivity index is 2.22. The van der Waals surface area contributed by atoms with Gasteiger partial charge in [0.1, 0.15) is 0 Å². The molecule has 0 saturated heterocycles. The first-order valence-electron chi connectivity index (χ1n) is 5.42. The Hall–Kier alpha value is -0.960. The first kappa shape index (κ1) is 12.5. The van der Waals surface area contributed by atoms with Crippen LogP contribution >= 0.6 is 23.4 Å². The minimum atomic E-state index is 0.480. The molecule has 2 aromatic carbocycles. The number of nitrogens with two attached hydrogens (primary N) is 1. The van der Waals surface area contributed by atoms with Gasteiger partial charge in [0, 0.05) is 21.4 Å². The molecule has 0 bridgehead atoms. The van der Waals surface area contributed by atoms with E-state index in [0.717, 1.165) is 15.5 Å². The molecule has 0 fully saturated rings. The van der Waals surface area contributed by atoms with Crippen LogP contribution in [0.2, 0.25) is 5.02 Å². The highest BCUT2D eigenvalue weighted by molar-refractivity contribution is 7.99. The highest BCUT2D eigenvalue weighted by Crippen LogP contribution is 2.31. The van der Waals surface area contributed by atoms with E-state index < -0.39 is 0 Å². The van der Waals surface area contributed by atoms with Crippen molar-refractivity contribution in [3.63, 3.8) is 0 Å². The Morgan fingerprint density at radius 3 is 2.53 bits per heavy atom. The summed E-state index contributed by atoms with van der Waals surface area (Å²) in [6.45, 7) is 2.57. The van der Waals surface area contributed by atoms with Crippen molar-refractivity contribution >= 4 is 23.4 Å². The van der Waals surface area contributed by atoms with Crippen molar-refractivity contribution in [2.45, 2.75) is 23.3 Å². The molecule has 0 saturated carbocycles. The molecule has 2 N–H and O–H groups in total. The van der Waals surface area contributed by atoms with Crippen LogP contribution in [0.4, 0.5) is 0 Å². The summed E-state index contributed by atoms with van der Waals surface area (Å²) in [5, 5.41) is 0.741. The molecule has 2 rings (SSSR count). The monoisotopic (exact) mass is 263 g/mol. The van der Waals surface area contributed by atoms with E-state index in [-0.39, 0.29) is 0 Å². The second-order valence-corrected chi connectivity index (χ2v) is 5.43. The highest BCUT2D eigenvalue weighted by Gasteiger charge is 2.02. The topological polar surface area (TPSA) is 26.0 Å². The SMILES string of the molecule is Cc1cccc(Sc2ccc(CN)c(Cl)c2)c1. The quantitative estimate of drug-likeness (QED) is 0.896. The number of hydrogen-bond acceptors (Lipinski definition) is 2. The molecule has 17 heavy (non-hydrogen) atoms. The summed E-state index contributed by atoms with van der Waals surface area (Å²) < 4.78 is 0. The van der Waals surface area contributed by atoms with E-state index in [1.807, 2.05) is 12.1 Å². The largest absolute Gasteiger partial charge is 0.326 e. The lowest BCUT2D eigenvalue weighted by atomic mass is 10.2. The number of rotatable bonds is 3. The summed E-state index contributed by atoms with van der Waals surface area (Å²) in [5.74, 6) is 0. The van der Waals surface area contributed by atoms with Crippen molar-refractivity contribution in [2.75, 3.05) is 0 Å². The molecule has 0 aliphatic heterocycles. The highest BCUT2D eigenvalue weighted by atomic mass is 35.5. The fourth-order valence-corrected chi connectivity index (χ4v) is 2.87. The molecule has 0 atom stereocenters. The molecule has 0 heterocycles. The van der Waals surface area contributed by atoms with Gasteiger partial charge in [0.05, 0.1) is 0 Å². The fourth-order valence-electron chi connectivity index (χ4n) is 1.57. The van der Waals surface area contributed by atoms with Gasteiger partial charge in [-0.1, -0.05) is 47.1 Å². The van der Waals surface area contributed by atoms with Crippen molar-refractivity contribution in [1.29, 1.82) is 0 Å². The fraction of sp³-hybridized carbons (Fsp3) is 0.143. The van der Waals surface area contributed by atoms with Gasteiger partial charge in [-0.15, -0.1) is 0 Å². The molecule has 0 aromatic heterocycles. The Morgan fingerprint density at radius 2 is 1.88 bits per heavy atom. The van der Waals surface area contributed by atoms with Gasteiger partial charge >= 0.3 is 0 Å². The standard InChI is InChI=1S/C14H14ClNS/c1-10-3-2-4-12(7-10)17-13-6-5-11(9-16)14(15)8-13/h2-8H,9,16H2,1H3. The summed E-state index contributed by atoms with van der Waals surface area (Å²) in [7, 11) is 0. The molecule has 0 aliphatic carbocycles. The molecule has 88 valence electrons. The second-order valence-electron chi connectivity index (χ2n) is 3.88. The zero-order chi connectivity index (χ0) is 12.3. The van der Waals surface area contributed by atoms with E-state index in [0.29, 0.717) is 6.54 Å². The van der Waals surface area contributed by atoms with Crippen molar-refractivity contribution in [3.8, 4) is 0 Å². The summed E-state index contributed by atoms with van der Waals surface area (Å²) in [5.41, 5.74) is 7.83. The second kappa shape index (κ2) is 5.58. The normalized spacial score (nSPS) is 10.5. The molecular formula is C14H14ClNS. The molecule has 0 aliphatic rings. The lowest BCUT2D eigenvalue weighted by Crippen LogP contribution is -1.96. The summed E-state index contributed by atoms with van der Waals surface area (Å²) in [6, 6.07) is 14.4. The Bertz CT molecular complexity index is 525. The molecular weight excluding hydrogens is 250 g/mol. The zero-order valence-corrected chi connectivity index (χ0v) is 11.2. The molecule has 0 spiro atoms.